The minimum Gasteiger partial charge on any atom is -0.426 e. The quantitative estimate of drug-likeness (QED) is 0.471. The molecule has 0 N–H and O–H groups in total. The number of rotatable bonds is 4. The second kappa shape index (κ2) is 10.3. The second-order valence-corrected chi connectivity index (χ2v) is 10.2. The fourth-order valence-electron chi connectivity index (χ4n) is 5.55. The third-order valence-electron chi connectivity index (χ3n) is 7.48. The fraction of sp³-hybridized carbons (Fsp3) is 0.708. The summed E-state index contributed by atoms with van der Waals surface area (Å²) in [6, 6.07) is 5.09. The van der Waals surface area contributed by atoms with E-state index in [1.165, 1.54) is 12.5 Å². The molecule has 0 unspecified atom stereocenters. The second-order valence-electron chi connectivity index (χ2n) is 10.2. The van der Waals surface area contributed by atoms with Crippen molar-refractivity contribution in [3.05, 3.63) is 29.6 Å². The summed E-state index contributed by atoms with van der Waals surface area (Å²) in [6.45, 7) is 3.80. The number of amides is 1. The van der Waals surface area contributed by atoms with E-state index in [9.17, 15) is 35.5 Å². The van der Waals surface area contributed by atoms with Crippen molar-refractivity contribution in [2.24, 2.45) is 5.41 Å². The van der Waals surface area contributed by atoms with E-state index in [-0.39, 0.29) is 24.3 Å². The lowest BCUT2D eigenvalue weighted by Gasteiger charge is -2.39. The zero-order valence-corrected chi connectivity index (χ0v) is 19.8. The average molecular weight is 526 g/mol. The van der Waals surface area contributed by atoms with Gasteiger partial charge in [-0.1, -0.05) is 0 Å². The summed E-state index contributed by atoms with van der Waals surface area (Å²) in [7, 11) is 0. The topological polar surface area (TPSA) is 36.0 Å². The lowest BCUT2D eigenvalue weighted by atomic mass is 9.78. The molecule has 3 heterocycles. The first kappa shape index (κ1) is 26.8. The molecule has 36 heavy (non-hydrogen) atoms. The van der Waals surface area contributed by atoms with Crippen LogP contribution in [0, 0.1) is 11.2 Å². The van der Waals surface area contributed by atoms with Gasteiger partial charge in [-0.2, -0.15) is 26.3 Å². The van der Waals surface area contributed by atoms with Crippen LogP contribution < -0.4 is 4.90 Å². The Morgan fingerprint density at radius 1 is 0.889 bits per heavy atom. The third-order valence-corrected chi connectivity index (χ3v) is 7.48. The number of piperidine rings is 2. The molecule has 5 nitrogen and oxygen atoms in total. The maximum absolute atomic E-state index is 14.3. The smallest absolute Gasteiger partial charge is 0.426 e. The molecule has 0 aliphatic carbocycles. The number of hydrogen-bond acceptors (Lipinski definition) is 4. The first-order valence-electron chi connectivity index (χ1n) is 12.2. The minimum atomic E-state index is -5.73. The van der Waals surface area contributed by atoms with Gasteiger partial charge < -0.3 is 14.5 Å². The van der Waals surface area contributed by atoms with Gasteiger partial charge in [0.1, 0.15) is 5.82 Å². The number of likely N-dealkylation sites (tertiary alicyclic amines) is 2. The van der Waals surface area contributed by atoms with E-state index in [0.717, 1.165) is 55.0 Å². The number of ether oxygens (including phenoxy) is 1. The summed E-state index contributed by atoms with van der Waals surface area (Å²) in [5.41, 5.74) is 1.55. The zero-order chi connectivity index (χ0) is 26.1. The lowest BCUT2D eigenvalue weighted by Crippen LogP contribution is -2.50. The van der Waals surface area contributed by atoms with Crippen LogP contribution in [0.3, 0.4) is 0 Å². The number of alkyl halides is 6. The van der Waals surface area contributed by atoms with E-state index in [4.69, 9.17) is 0 Å². The molecule has 3 fully saturated rings. The van der Waals surface area contributed by atoms with Crippen molar-refractivity contribution in [1.29, 1.82) is 0 Å². The van der Waals surface area contributed by atoms with Crippen LogP contribution >= 0.6 is 0 Å². The summed E-state index contributed by atoms with van der Waals surface area (Å²) in [6.07, 6.45) is -12.2. The normalized spacial score (nSPS) is 21.4. The monoisotopic (exact) mass is 525 g/mol. The zero-order valence-electron chi connectivity index (χ0n) is 19.8. The molecule has 0 atom stereocenters. The molecule has 0 bridgehead atoms. The summed E-state index contributed by atoms with van der Waals surface area (Å²) in [5, 5.41) is 0. The Labute approximate surface area is 205 Å². The Kier molecular flexibility index (Phi) is 7.64. The van der Waals surface area contributed by atoms with Crippen LogP contribution in [0.1, 0.15) is 44.1 Å². The molecule has 1 aromatic rings. The largest absolute Gasteiger partial charge is 0.434 e. The summed E-state index contributed by atoms with van der Waals surface area (Å²) >= 11 is 0. The van der Waals surface area contributed by atoms with Crippen LogP contribution in [0.15, 0.2) is 18.2 Å². The first-order valence-corrected chi connectivity index (χ1v) is 12.2. The van der Waals surface area contributed by atoms with Gasteiger partial charge in [-0.3, -0.25) is 4.90 Å². The number of benzene rings is 1. The van der Waals surface area contributed by atoms with Crippen molar-refractivity contribution in [2.45, 2.75) is 63.5 Å². The van der Waals surface area contributed by atoms with Crippen molar-refractivity contribution in [1.82, 2.24) is 9.80 Å². The maximum Gasteiger partial charge on any atom is 0.434 e. The molecular weight excluding hydrogens is 495 g/mol. The van der Waals surface area contributed by atoms with Gasteiger partial charge in [0.15, 0.2) is 0 Å². The van der Waals surface area contributed by atoms with E-state index in [2.05, 4.69) is 14.5 Å². The van der Waals surface area contributed by atoms with Crippen LogP contribution in [-0.2, 0) is 11.3 Å². The van der Waals surface area contributed by atoms with Crippen molar-refractivity contribution < 1.29 is 40.3 Å². The Hall–Kier alpha value is -2.24. The number of anilines is 1. The highest BCUT2D eigenvalue weighted by Crippen LogP contribution is 2.42. The lowest BCUT2D eigenvalue weighted by molar-refractivity contribution is -0.308. The van der Waals surface area contributed by atoms with E-state index in [0.29, 0.717) is 25.9 Å². The van der Waals surface area contributed by atoms with Crippen LogP contribution in [0.25, 0.3) is 0 Å². The number of nitrogens with zero attached hydrogens (tertiary/aromatic N) is 3. The third kappa shape index (κ3) is 6.36. The number of halogens is 7. The molecule has 0 radical (unpaired) electrons. The molecular formula is C24H30F7N3O2. The van der Waals surface area contributed by atoms with Gasteiger partial charge in [-0.15, -0.1) is 0 Å². The van der Waals surface area contributed by atoms with Gasteiger partial charge >= 0.3 is 18.4 Å². The van der Waals surface area contributed by atoms with Crippen molar-refractivity contribution >= 4 is 11.8 Å². The van der Waals surface area contributed by atoms with Crippen LogP contribution in [-0.4, -0.2) is 73.6 Å². The molecule has 4 rings (SSSR count). The summed E-state index contributed by atoms with van der Waals surface area (Å²) in [4.78, 5) is 17.4. The minimum absolute atomic E-state index is 0.0220. The number of carbonyl (C=O) groups is 1. The van der Waals surface area contributed by atoms with Gasteiger partial charge in [-0.05, 0) is 74.2 Å². The molecule has 0 aromatic heterocycles. The molecule has 12 heteroatoms. The summed E-state index contributed by atoms with van der Waals surface area (Å²) in [5.74, 6) is -0.287. The maximum atomic E-state index is 14.3. The van der Waals surface area contributed by atoms with Crippen LogP contribution in [0.4, 0.5) is 41.2 Å². The van der Waals surface area contributed by atoms with Crippen LogP contribution in [0.5, 0.6) is 0 Å². The Morgan fingerprint density at radius 3 is 2.11 bits per heavy atom. The van der Waals surface area contributed by atoms with Gasteiger partial charge in [0.05, 0.1) is 0 Å². The predicted octanol–water partition coefficient (Wildman–Crippen LogP) is 5.73. The highest BCUT2D eigenvalue weighted by Gasteiger charge is 2.60. The van der Waals surface area contributed by atoms with Gasteiger partial charge in [0, 0.05) is 45.0 Å². The van der Waals surface area contributed by atoms with E-state index in [1.54, 1.807) is 6.07 Å². The molecule has 3 aliphatic rings. The molecule has 1 aromatic carbocycles. The summed E-state index contributed by atoms with van der Waals surface area (Å²) < 4.78 is 94.4. The Balaban J connectivity index is 1.32. The van der Waals surface area contributed by atoms with E-state index >= 15 is 0 Å². The average Bonchev–Trinajstić information content (AvgIpc) is 3.18. The van der Waals surface area contributed by atoms with E-state index < -0.39 is 24.5 Å². The van der Waals surface area contributed by atoms with Crippen molar-refractivity contribution in [3.63, 3.8) is 0 Å². The van der Waals surface area contributed by atoms with Gasteiger partial charge in [-0.25, -0.2) is 9.18 Å². The molecule has 3 aliphatic heterocycles. The fourth-order valence-corrected chi connectivity index (χ4v) is 5.55. The van der Waals surface area contributed by atoms with Gasteiger partial charge in [0.2, 0.25) is 0 Å². The van der Waals surface area contributed by atoms with Gasteiger partial charge in [0.25, 0.3) is 6.10 Å². The van der Waals surface area contributed by atoms with Crippen LogP contribution in [0.2, 0.25) is 0 Å². The number of hydrogen-bond donors (Lipinski definition) is 0. The molecule has 0 saturated carbocycles. The predicted molar refractivity (Wildman–Crippen MR) is 118 cm³/mol. The molecule has 202 valence electrons. The number of carbonyl (C=O) groups excluding carboxylic acids is 1. The van der Waals surface area contributed by atoms with Crippen molar-refractivity contribution in [2.75, 3.05) is 44.2 Å². The molecule has 3 saturated heterocycles. The molecule has 1 spiro atoms. The SMILES string of the molecule is O=C(OC(C(F)(F)F)C(F)(F)F)N1CCC2(CCN(Cc3cc(F)cc(N4CCCCC4)c3)C2)CC1. The Morgan fingerprint density at radius 2 is 1.50 bits per heavy atom. The van der Waals surface area contributed by atoms with E-state index in [1.807, 2.05) is 6.07 Å². The standard InChI is InChI=1S/C24H30F7N3O2/c25-18-12-17(13-19(14-18)33-7-2-1-3-8-33)15-32-9-4-22(16-32)5-10-34(11-6-22)21(35)36-20(23(26,27)28)24(29,30)31/h12-14,20H,1-11,15-16H2. The first-order chi connectivity index (χ1) is 16.8. The molecule has 1 amide bonds. The highest BCUT2D eigenvalue weighted by molar-refractivity contribution is 5.68. The Bertz CT molecular complexity index is 909. The van der Waals surface area contributed by atoms with Crippen molar-refractivity contribution in [3.8, 4) is 0 Å². The highest BCUT2D eigenvalue weighted by atomic mass is 19.4.